The molecule has 3 aromatic carbocycles. The van der Waals surface area contributed by atoms with Gasteiger partial charge in [-0.1, -0.05) is 42.5 Å². The summed E-state index contributed by atoms with van der Waals surface area (Å²) in [6, 6.07) is 20.6. The van der Waals surface area contributed by atoms with Crippen LogP contribution in [0.4, 0.5) is 5.69 Å². The zero-order chi connectivity index (χ0) is 25.9. The smallest absolute Gasteiger partial charge is 0.263 e. The van der Waals surface area contributed by atoms with Crippen molar-refractivity contribution in [2.24, 2.45) is 0 Å². The molecule has 1 aliphatic rings. The van der Waals surface area contributed by atoms with Gasteiger partial charge in [0.25, 0.3) is 11.8 Å². The summed E-state index contributed by atoms with van der Waals surface area (Å²) >= 11 is 0. The summed E-state index contributed by atoms with van der Waals surface area (Å²) in [5, 5.41) is 2.85. The molecule has 10 heteroatoms. The minimum absolute atomic E-state index is 0.0434. The summed E-state index contributed by atoms with van der Waals surface area (Å²) in [5.74, 6) is -0.325. The fraction of sp³-hybridized carbons (Fsp3) is 0.231. The van der Waals surface area contributed by atoms with E-state index in [1.54, 1.807) is 24.3 Å². The predicted octanol–water partition coefficient (Wildman–Crippen LogP) is 2.67. The number of benzene rings is 3. The van der Waals surface area contributed by atoms with Gasteiger partial charge in [0, 0.05) is 26.2 Å². The Balaban J connectivity index is 1.63. The molecule has 4 rings (SSSR count). The van der Waals surface area contributed by atoms with E-state index < -0.39 is 22.0 Å². The third-order valence-corrected chi connectivity index (χ3v) is 7.63. The van der Waals surface area contributed by atoms with E-state index in [0.29, 0.717) is 18.0 Å². The Kier molecular flexibility index (Phi) is 7.27. The molecule has 0 saturated heterocycles. The summed E-state index contributed by atoms with van der Waals surface area (Å²) < 4.78 is 37.9. The Bertz CT molecular complexity index is 1380. The van der Waals surface area contributed by atoms with Crippen LogP contribution in [0.25, 0.3) is 0 Å². The second kappa shape index (κ2) is 10.4. The molecule has 0 aromatic heterocycles. The number of rotatable bonds is 7. The molecule has 1 heterocycles. The second-order valence-corrected chi connectivity index (χ2v) is 10.5. The molecule has 36 heavy (non-hydrogen) atoms. The molecular formula is C26H27N3O6S. The standard InChI is InChI=1S/C26H27N3O6S/c1-28(2)36(32,33)24-15-19(13-14-22(24)34-3)26(31)29-17-23(35-21-12-8-7-11-20(21)29)25(30)27-16-18-9-5-4-6-10-18/h4-15,23H,16-17H2,1-3H3,(H,27,30)/t23-/m0/s1. The third-order valence-electron chi connectivity index (χ3n) is 5.79. The van der Waals surface area contributed by atoms with E-state index in [-0.39, 0.29) is 28.7 Å². The lowest BCUT2D eigenvalue weighted by molar-refractivity contribution is -0.128. The average Bonchev–Trinajstić information content (AvgIpc) is 2.90. The lowest BCUT2D eigenvalue weighted by atomic mass is 10.1. The van der Waals surface area contributed by atoms with Crippen LogP contribution in [-0.2, 0) is 21.4 Å². The van der Waals surface area contributed by atoms with Crippen LogP contribution in [-0.4, -0.2) is 58.4 Å². The van der Waals surface area contributed by atoms with Crippen molar-refractivity contribution in [1.82, 2.24) is 9.62 Å². The van der Waals surface area contributed by atoms with Crippen LogP contribution in [0.5, 0.6) is 11.5 Å². The van der Waals surface area contributed by atoms with Crippen molar-refractivity contribution in [3.8, 4) is 11.5 Å². The number of fused-ring (bicyclic) bond motifs is 1. The second-order valence-electron chi connectivity index (χ2n) is 8.35. The van der Waals surface area contributed by atoms with Gasteiger partial charge < -0.3 is 19.7 Å². The van der Waals surface area contributed by atoms with Crippen LogP contribution < -0.4 is 19.7 Å². The van der Waals surface area contributed by atoms with Gasteiger partial charge in [-0.3, -0.25) is 9.59 Å². The number of para-hydroxylation sites is 2. The van der Waals surface area contributed by atoms with Crippen molar-refractivity contribution >= 4 is 27.5 Å². The van der Waals surface area contributed by atoms with E-state index in [2.05, 4.69) is 5.32 Å². The number of amides is 2. The quantitative estimate of drug-likeness (QED) is 0.525. The van der Waals surface area contributed by atoms with Crippen LogP contribution >= 0.6 is 0 Å². The molecule has 1 aliphatic heterocycles. The van der Waals surface area contributed by atoms with E-state index >= 15 is 0 Å². The topological polar surface area (TPSA) is 105 Å². The molecule has 0 radical (unpaired) electrons. The zero-order valence-corrected chi connectivity index (χ0v) is 21.0. The largest absolute Gasteiger partial charge is 0.495 e. The highest BCUT2D eigenvalue weighted by Crippen LogP contribution is 2.35. The number of nitrogens with one attached hydrogen (secondary N) is 1. The van der Waals surface area contributed by atoms with E-state index in [1.807, 2.05) is 30.3 Å². The van der Waals surface area contributed by atoms with Crippen LogP contribution in [0.1, 0.15) is 15.9 Å². The molecule has 2 amide bonds. The first-order valence-corrected chi connectivity index (χ1v) is 12.7. The molecule has 0 aliphatic carbocycles. The normalized spacial score (nSPS) is 15.1. The van der Waals surface area contributed by atoms with Crippen molar-refractivity contribution in [2.45, 2.75) is 17.5 Å². The molecular weight excluding hydrogens is 482 g/mol. The third kappa shape index (κ3) is 5.05. The summed E-state index contributed by atoms with van der Waals surface area (Å²) in [5.41, 5.74) is 1.56. The van der Waals surface area contributed by atoms with Gasteiger partial charge in [-0.25, -0.2) is 12.7 Å². The van der Waals surface area contributed by atoms with Crippen molar-refractivity contribution in [2.75, 3.05) is 32.6 Å². The highest BCUT2D eigenvalue weighted by molar-refractivity contribution is 7.89. The SMILES string of the molecule is COc1ccc(C(=O)N2C[C@@H](C(=O)NCc3ccccc3)Oc3ccccc32)cc1S(=O)(=O)N(C)C. The van der Waals surface area contributed by atoms with Crippen LogP contribution in [0.3, 0.4) is 0 Å². The van der Waals surface area contributed by atoms with Crippen LogP contribution in [0.15, 0.2) is 77.7 Å². The predicted molar refractivity (Wildman–Crippen MR) is 135 cm³/mol. The lowest BCUT2D eigenvalue weighted by Gasteiger charge is -2.34. The molecule has 3 aromatic rings. The molecule has 0 spiro atoms. The number of anilines is 1. The molecule has 0 unspecified atom stereocenters. The maximum Gasteiger partial charge on any atom is 0.263 e. The summed E-state index contributed by atoms with van der Waals surface area (Å²) in [4.78, 5) is 27.9. The Morgan fingerprint density at radius 2 is 1.75 bits per heavy atom. The first kappa shape index (κ1) is 25.2. The number of hydrogen-bond acceptors (Lipinski definition) is 6. The summed E-state index contributed by atoms with van der Waals surface area (Å²) in [6.07, 6.45) is -0.948. The van der Waals surface area contributed by atoms with Gasteiger partial charge >= 0.3 is 0 Å². The Morgan fingerprint density at radius 1 is 1.06 bits per heavy atom. The first-order valence-electron chi connectivity index (χ1n) is 11.2. The summed E-state index contributed by atoms with van der Waals surface area (Å²) in [6.45, 7) is 0.275. The number of carbonyl (C=O) groups excluding carboxylic acids is 2. The Hall–Kier alpha value is -3.89. The molecule has 1 N–H and O–H groups in total. The van der Waals surface area contributed by atoms with Crippen molar-refractivity contribution in [1.29, 1.82) is 0 Å². The minimum Gasteiger partial charge on any atom is -0.495 e. The van der Waals surface area contributed by atoms with Crippen molar-refractivity contribution < 1.29 is 27.5 Å². The maximum atomic E-state index is 13.6. The molecule has 0 bridgehead atoms. The number of nitrogens with zero attached hydrogens (tertiary/aromatic N) is 2. The minimum atomic E-state index is -3.88. The fourth-order valence-corrected chi connectivity index (χ4v) is 4.90. The van der Waals surface area contributed by atoms with E-state index in [9.17, 15) is 18.0 Å². The van der Waals surface area contributed by atoms with Gasteiger partial charge in [-0.2, -0.15) is 0 Å². The fourth-order valence-electron chi connectivity index (χ4n) is 3.83. The number of sulfonamides is 1. The van der Waals surface area contributed by atoms with E-state index in [4.69, 9.17) is 9.47 Å². The number of ether oxygens (including phenoxy) is 2. The highest BCUT2D eigenvalue weighted by atomic mass is 32.2. The van der Waals surface area contributed by atoms with Gasteiger partial charge in [0.2, 0.25) is 10.0 Å². The van der Waals surface area contributed by atoms with Gasteiger partial charge in [0.05, 0.1) is 19.3 Å². The first-order chi connectivity index (χ1) is 17.2. The Morgan fingerprint density at radius 3 is 2.44 bits per heavy atom. The highest BCUT2D eigenvalue weighted by Gasteiger charge is 2.35. The number of hydrogen-bond donors (Lipinski definition) is 1. The molecule has 0 fully saturated rings. The lowest BCUT2D eigenvalue weighted by Crippen LogP contribution is -2.50. The Labute approximate surface area is 210 Å². The van der Waals surface area contributed by atoms with Gasteiger partial charge in [0.1, 0.15) is 16.4 Å². The van der Waals surface area contributed by atoms with Gasteiger partial charge in [0.15, 0.2) is 6.10 Å². The zero-order valence-electron chi connectivity index (χ0n) is 20.2. The van der Waals surface area contributed by atoms with Crippen LogP contribution in [0.2, 0.25) is 0 Å². The van der Waals surface area contributed by atoms with Crippen molar-refractivity contribution in [3.63, 3.8) is 0 Å². The molecule has 9 nitrogen and oxygen atoms in total. The summed E-state index contributed by atoms with van der Waals surface area (Å²) in [7, 11) is 0.293. The molecule has 1 atom stereocenters. The van der Waals surface area contributed by atoms with Crippen molar-refractivity contribution in [3.05, 3.63) is 83.9 Å². The number of methoxy groups -OCH3 is 1. The molecule has 0 saturated carbocycles. The van der Waals surface area contributed by atoms with Crippen LogP contribution in [0, 0.1) is 0 Å². The van der Waals surface area contributed by atoms with E-state index in [0.717, 1.165) is 9.87 Å². The average molecular weight is 510 g/mol. The van der Waals surface area contributed by atoms with E-state index in [1.165, 1.54) is 44.3 Å². The van der Waals surface area contributed by atoms with Gasteiger partial charge in [-0.15, -0.1) is 0 Å². The van der Waals surface area contributed by atoms with Gasteiger partial charge in [-0.05, 0) is 35.9 Å². The number of carbonyl (C=O) groups is 2. The maximum absolute atomic E-state index is 13.6. The monoisotopic (exact) mass is 509 g/mol. The molecule has 188 valence electrons.